The van der Waals surface area contributed by atoms with Gasteiger partial charge in [-0.2, -0.15) is 0 Å². The minimum absolute atomic E-state index is 0. The molecule has 0 amide bonds. The van der Waals surface area contributed by atoms with Crippen molar-refractivity contribution in [3.63, 3.8) is 0 Å². The fourth-order valence-corrected chi connectivity index (χ4v) is 1.37. The number of carboxylic acids is 1. The maximum atomic E-state index is 11.6. The number of nitrogens with two attached hydrogens (primary N) is 1. The number of carbonyl (C=O) groups excluding carboxylic acids is 1. The third-order valence-corrected chi connectivity index (χ3v) is 2.70. The highest BCUT2D eigenvalue weighted by atomic mass is 35.5. The normalized spacial score (nSPS) is 11.5. The Hall–Kier alpha value is -0.810. The largest absolute Gasteiger partial charge is 1.00 e. The van der Waals surface area contributed by atoms with Crippen LogP contribution in [0.5, 0.6) is 0 Å². The predicted octanol–water partition coefficient (Wildman–Crippen LogP) is -1.02. The van der Waals surface area contributed by atoms with E-state index in [0.717, 1.165) is 0 Å². The number of benzene rings is 1. The Morgan fingerprint density at radius 2 is 1.88 bits per heavy atom. The lowest BCUT2D eigenvalue weighted by Gasteiger charge is -2.06. The van der Waals surface area contributed by atoms with Gasteiger partial charge < -0.3 is 23.2 Å². The highest BCUT2D eigenvalue weighted by molar-refractivity contribution is 6.42. The van der Waals surface area contributed by atoms with Gasteiger partial charge in [0.1, 0.15) is 6.04 Å². The van der Waals surface area contributed by atoms with Crippen molar-refractivity contribution in [1.29, 1.82) is 0 Å². The third kappa shape index (κ3) is 4.52. The van der Waals surface area contributed by atoms with Gasteiger partial charge >= 0.3 is 5.97 Å². The summed E-state index contributed by atoms with van der Waals surface area (Å²) in [5, 5.41) is 9.13. The van der Waals surface area contributed by atoms with Crippen LogP contribution in [0.25, 0.3) is 0 Å². The molecule has 0 radical (unpaired) electrons. The van der Waals surface area contributed by atoms with Gasteiger partial charge in [-0.05, 0) is 18.2 Å². The quantitative estimate of drug-likeness (QED) is 0.697. The lowest BCUT2D eigenvalue weighted by atomic mass is 10.0. The maximum Gasteiger partial charge on any atom is 0.320 e. The van der Waals surface area contributed by atoms with Crippen LogP contribution in [0.2, 0.25) is 10.0 Å². The molecule has 1 unspecified atom stereocenters. The van der Waals surface area contributed by atoms with Crippen LogP contribution in [0.4, 0.5) is 0 Å². The summed E-state index contributed by atoms with van der Waals surface area (Å²) in [5.41, 5.74) is 5.54. The number of hydrogen-bond donors (Lipinski definition) is 2. The van der Waals surface area contributed by atoms with E-state index in [1.54, 1.807) is 0 Å². The molecule has 0 heterocycles. The lowest BCUT2D eigenvalue weighted by molar-refractivity contribution is -0.138. The summed E-state index contributed by atoms with van der Waals surface area (Å²) in [6.07, 6.45) is -0.271. The summed E-state index contributed by atoms with van der Waals surface area (Å²) in [5.74, 6) is -1.60. The molecular formula is C10H9Cl3NO3-. The van der Waals surface area contributed by atoms with Gasteiger partial charge in [0.05, 0.1) is 10.0 Å². The van der Waals surface area contributed by atoms with E-state index in [2.05, 4.69) is 0 Å². The molecule has 1 atom stereocenters. The van der Waals surface area contributed by atoms with Crippen molar-refractivity contribution in [1.82, 2.24) is 0 Å². The molecule has 17 heavy (non-hydrogen) atoms. The smallest absolute Gasteiger partial charge is 0.320 e. The van der Waals surface area contributed by atoms with Gasteiger partial charge in [-0.15, -0.1) is 0 Å². The summed E-state index contributed by atoms with van der Waals surface area (Å²) in [6.45, 7) is 0. The van der Waals surface area contributed by atoms with Crippen molar-refractivity contribution in [2.75, 3.05) is 0 Å². The van der Waals surface area contributed by atoms with Crippen LogP contribution in [0.15, 0.2) is 18.2 Å². The average Bonchev–Trinajstić information content (AvgIpc) is 2.21. The topological polar surface area (TPSA) is 80.4 Å². The summed E-state index contributed by atoms with van der Waals surface area (Å²) in [7, 11) is 0. The number of rotatable bonds is 4. The molecule has 7 heteroatoms. The zero-order valence-corrected chi connectivity index (χ0v) is 10.8. The molecule has 1 rings (SSSR count). The van der Waals surface area contributed by atoms with Crippen molar-refractivity contribution >= 4 is 35.0 Å². The van der Waals surface area contributed by atoms with Crippen LogP contribution in [-0.4, -0.2) is 22.9 Å². The molecule has 0 spiro atoms. The molecule has 0 saturated carbocycles. The first-order valence-electron chi connectivity index (χ1n) is 4.38. The Balaban J connectivity index is 0.00000256. The Bertz CT molecular complexity index is 437. The fourth-order valence-electron chi connectivity index (χ4n) is 1.07. The number of Topliss-reactive ketones (excluding diaryl/α,β-unsaturated/α-hetero) is 1. The van der Waals surface area contributed by atoms with Crippen LogP contribution in [-0.2, 0) is 4.79 Å². The van der Waals surface area contributed by atoms with Crippen LogP contribution in [0, 0.1) is 0 Å². The second-order valence-electron chi connectivity index (χ2n) is 3.20. The predicted molar refractivity (Wildman–Crippen MR) is 61.0 cm³/mol. The van der Waals surface area contributed by atoms with Gasteiger partial charge in [0.2, 0.25) is 0 Å². The number of carbonyl (C=O) groups is 2. The molecule has 0 aliphatic rings. The first kappa shape index (κ1) is 16.2. The first-order chi connectivity index (χ1) is 7.41. The summed E-state index contributed by atoms with van der Waals surface area (Å²) < 4.78 is 0. The number of carboxylic acid groups (broad SMARTS) is 1. The van der Waals surface area contributed by atoms with Gasteiger partial charge in [0, 0.05) is 12.0 Å². The van der Waals surface area contributed by atoms with Crippen molar-refractivity contribution in [3.8, 4) is 0 Å². The van der Waals surface area contributed by atoms with Crippen LogP contribution in [0.1, 0.15) is 16.8 Å². The summed E-state index contributed by atoms with van der Waals surface area (Å²) in [4.78, 5) is 22.0. The van der Waals surface area contributed by atoms with Gasteiger partial charge in [-0.3, -0.25) is 9.59 Å². The Morgan fingerprint density at radius 1 is 1.29 bits per heavy atom. The zero-order chi connectivity index (χ0) is 12.3. The van der Waals surface area contributed by atoms with E-state index in [0.29, 0.717) is 10.6 Å². The SMILES string of the molecule is NC(CC(=O)c1ccc(Cl)c(Cl)c1)C(=O)O.[Cl-]. The molecule has 1 aromatic rings. The van der Waals surface area contributed by atoms with Crippen LogP contribution >= 0.6 is 23.2 Å². The van der Waals surface area contributed by atoms with Crippen molar-refractivity contribution < 1.29 is 27.1 Å². The minimum atomic E-state index is -1.21. The molecule has 0 bridgehead atoms. The van der Waals surface area contributed by atoms with Crippen molar-refractivity contribution in [3.05, 3.63) is 33.8 Å². The fraction of sp³-hybridized carbons (Fsp3) is 0.200. The monoisotopic (exact) mass is 296 g/mol. The Morgan fingerprint density at radius 3 is 2.35 bits per heavy atom. The highest BCUT2D eigenvalue weighted by Gasteiger charge is 2.17. The standard InChI is InChI=1S/C10H9Cl2NO3.ClH/c11-6-2-1-5(3-7(6)12)9(14)4-8(13)10(15)16;/h1-3,8H,4,13H2,(H,15,16);1H/p-1. The van der Waals surface area contributed by atoms with E-state index in [4.69, 9.17) is 34.0 Å². The van der Waals surface area contributed by atoms with Crippen LogP contribution in [0.3, 0.4) is 0 Å². The van der Waals surface area contributed by atoms with E-state index in [1.165, 1.54) is 18.2 Å². The minimum Gasteiger partial charge on any atom is -1.00 e. The maximum absolute atomic E-state index is 11.6. The van der Waals surface area contributed by atoms with Gasteiger partial charge in [0.25, 0.3) is 0 Å². The number of aliphatic carboxylic acids is 1. The second-order valence-corrected chi connectivity index (χ2v) is 4.02. The number of ketones is 1. The molecule has 3 N–H and O–H groups in total. The zero-order valence-electron chi connectivity index (χ0n) is 8.49. The van der Waals surface area contributed by atoms with E-state index in [9.17, 15) is 9.59 Å². The summed E-state index contributed by atoms with van der Waals surface area (Å²) >= 11 is 11.4. The lowest BCUT2D eigenvalue weighted by Crippen LogP contribution is -3.00. The molecule has 4 nitrogen and oxygen atoms in total. The third-order valence-electron chi connectivity index (χ3n) is 1.96. The Labute approximate surface area is 114 Å². The average molecular weight is 298 g/mol. The first-order valence-corrected chi connectivity index (χ1v) is 5.14. The van der Waals surface area contributed by atoms with Crippen molar-refractivity contribution in [2.24, 2.45) is 5.73 Å². The number of hydrogen-bond acceptors (Lipinski definition) is 3. The molecule has 0 saturated heterocycles. The van der Waals surface area contributed by atoms with E-state index >= 15 is 0 Å². The van der Waals surface area contributed by atoms with Crippen LogP contribution < -0.4 is 18.1 Å². The van der Waals surface area contributed by atoms with E-state index in [-0.39, 0.29) is 29.6 Å². The molecule has 0 aliphatic carbocycles. The van der Waals surface area contributed by atoms with E-state index in [1.807, 2.05) is 0 Å². The Kier molecular flexibility index (Phi) is 6.49. The molecule has 1 aromatic carbocycles. The highest BCUT2D eigenvalue weighted by Crippen LogP contribution is 2.23. The van der Waals surface area contributed by atoms with E-state index < -0.39 is 12.0 Å². The molecule has 0 aliphatic heterocycles. The molecule has 0 fully saturated rings. The molecular weight excluding hydrogens is 288 g/mol. The summed E-state index contributed by atoms with van der Waals surface area (Å²) in [6, 6.07) is 3.14. The van der Waals surface area contributed by atoms with Gasteiger partial charge in [0.15, 0.2) is 5.78 Å². The second kappa shape index (κ2) is 6.81. The van der Waals surface area contributed by atoms with Gasteiger partial charge in [-0.25, -0.2) is 0 Å². The van der Waals surface area contributed by atoms with Crippen molar-refractivity contribution in [2.45, 2.75) is 12.5 Å². The molecule has 0 aromatic heterocycles. The van der Waals surface area contributed by atoms with Gasteiger partial charge in [-0.1, -0.05) is 23.2 Å². The number of halogens is 3. The molecule has 94 valence electrons.